The van der Waals surface area contributed by atoms with Crippen LogP contribution in [0.2, 0.25) is 0 Å². The smallest absolute Gasteiger partial charge is 0.261 e. The fourth-order valence-electron chi connectivity index (χ4n) is 3.20. The average molecular weight is 471 g/mol. The number of hydrogen-bond acceptors (Lipinski definition) is 6. The Balaban J connectivity index is 1.70. The molecule has 1 amide bonds. The van der Waals surface area contributed by atoms with Crippen LogP contribution >= 0.6 is 0 Å². The summed E-state index contributed by atoms with van der Waals surface area (Å²) in [5.74, 6) is 1.08. The molecular weight excluding hydrogens is 444 g/mol. The molecular formula is C24H26N2O6S. The van der Waals surface area contributed by atoms with Crippen LogP contribution in [0.3, 0.4) is 0 Å². The second-order valence-electron chi connectivity index (χ2n) is 7.16. The topological polar surface area (TPSA) is 103 Å². The zero-order chi connectivity index (χ0) is 24.0. The van der Waals surface area contributed by atoms with E-state index in [1.54, 1.807) is 24.3 Å². The van der Waals surface area contributed by atoms with Crippen LogP contribution in [-0.4, -0.2) is 35.7 Å². The average Bonchev–Trinajstić information content (AvgIpc) is 2.83. The molecule has 0 saturated heterocycles. The molecule has 0 spiro atoms. The normalized spacial score (nSPS) is 10.9. The second-order valence-corrected chi connectivity index (χ2v) is 8.84. The van der Waals surface area contributed by atoms with Gasteiger partial charge in [0.05, 0.1) is 31.9 Å². The molecule has 3 aromatic carbocycles. The number of methoxy groups -OCH3 is 3. The lowest BCUT2D eigenvalue weighted by atomic mass is 10.1. The minimum atomic E-state index is -3.78. The van der Waals surface area contributed by atoms with Crippen LogP contribution in [0.15, 0.2) is 65.6 Å². The summed E-state index contributed by atoms with van der Waals surface area (Å²) in [7, 11) is 0.773. The Morgan fingerprint density at radius 3 is 2.03 bits per heavy atom. The van der Waals surface area contributed by atoms with E-state index in [0.717, 1.165) is 11.1 Å². The quantitative estimate of drug-likeness (QED) is 0.494. The first-order valence-corrected chi connectivity index (χ1v) is 11.5. The summed E-state index contributed by atoms with van der Waals surface area (Å²) in [6.45, 7) is 2.03. The van der Waals surface area contributed by atoms with Crippen molar-refractivity contribution in [2.45, 2.75) is 18.4 Å². The van der Waals surface area contributed by atoms with E-state index in [2.05, 4.69) is 10.0 Å². The Hall–Kier alpha value is -3.72. The van der Waals surface area contributed by atoms with Crippen molar-refractivity contribution in [3.05, 3.63) is 77.4 Å². The van der Waals surface area contributed by atoms with Crippen molar-refractivity contribution in [2.24, 2.45) is 0 Å². The minimum Gasteiger partial charge on any atom is -0.493 e. The van der Waals surface area contributed by atoms with Gasteiger partial charge in [-0.15, -0.1) is 0 Å². The third-order valence-electron chi connectivity index (χ3n) is 4.99. The number of nitrogens with one attached hydrogen (secondary N) is 2. The number of hydrogen-bond donors (Lipinski definition) is 2. The maximum Gasteiger partial charge on any atom is 0.261 e. The van der Waals surface area contributed by atoms with Gasteiger partial charge in [-0.3, -0.25) is 9.52 Å². The van der Waals surface area contributed by atoms with Crippen molar-refractivity contribution in [3.8, 4) is 17.2 Å². The van der Waals surface area contributed by atoms with Gasteiger partial charge in [-0.2, -0.15) is 0 Å². The van der Waals surface area contributed by atoms with Crippen molar-refractivity contribution >= 4 is 21.6 Å². The maximum atomic E-state index is 12.7. The molecule has 0 unspecified atom stereocenters. The summed E-state index contributed by atoms with van der Waals surface area (Å²) < 4.78 is 43.9. The van der Waals surface area contributed by atoms with Gasteiger partial charge in [0, 0.05) is 12.1 Å². The van der Waals surface area contributed by atoms with Crippen molar-refractivity contribution in [1.29, 1.82) is 0 Å². The number of aryl methyl sites for hydroxylation is 1. The van der Waals surface area contributed by atoms with Crippen LogP contribution in [0.1, 0.15) is 21.5 Å². The summed E-state index contributed by atoms with van der Waals surface area (Å²) in [6.07, 6.45) is 0. The first-order valence-electron chi connectivity index (χ1n) is 10.0. The summed E-state index contributed by atoms with van der Waals surface area (Å²) in [5.41, 5.74) is 2.39. The number of amides is 1. The third kappa shape index (κ3) is 5.56. The van der Waals surface area contributed by atoms with E-state index in [0.29, 0.717) is 28.5 Å². The van der Waals surface area contributed by atoms with Crippen molar-refractivity contribution in [2.75, 3.05) is 26.1 Å². The van der Waals surface area contributed by atoms with Crippen molar-refractivity contribution in [3.63, 3.8) is 0 Å². The predicted octanol–water partition coefficient (Wildman–Crippen LogP) is 3.75. The first kappa shape index (κ1) is 23.9. The lowest BCUT2D eigenvalue weighted by Crippen LogP contribution is -2.23. The Morgan fingerprint density at radius 2 is 1.48 bits per heavy atom. The van der Waals surface area contributed by atoms with Gasteiger partial charge in [0.25, 0.3) is 15.9 Å². The van der Waals surface area contributed by atoms with E-state index in [1.165, 1.54) is 45.6 Å². The monoisotopic (exact) mass is 470 g/mol. The Kier molecular flexibility index (Phi) is 7.44. The first-order chi connectivity index (χ1) is 15.8. The summed E-state index contributed by atoms with van der Waals surface area (Å²) in [4.78, 5) is 12.6. The van der Waals surface area contributed by atoms with E-state index in [9.17, 15) is 13.2 Å². The number of carbonyl (C=O) groups is 1. The Morgan fingerprint density at radius 1 is 0.879 bits per heavy atom. The zero-order valence-electron chi connectivity index (χ0n) is 18.8. The largest absolute Gasteiger partial charge is 0.493 e. The van der Waals surface area contributed by atoms with E-state index in [-0.39, 0.29) is 17.3 Å². The van der Waals surface area contributed by atoms with Crippen LogP contribution in [0.4, 0.5) is 5.69 Å². The fourth-order valence-corrected chi connectivity index (χ4v) is 4.33. The highest BCUT2D eigenvalue weighted by molar-refractivity contribution is 7.92. The van der Waals surface area contributed by atoms with Crippen LogP contribution < -0.4 is 24.2 Å². The minimum absolute atomic E-state index is 0.0620. The fraction of sp³-hybridized carbons (Fsp3) is 0.208. The van der Waals surface area contributed by atoms with E-state index in [1.807, 2.05) is 19.1 Å². The van der Waals surface area contributed by atoms with Crippen LogP contribution in [0, 0.1) is 6.92 Å². The lowest BCUT2D eigenvalue weighted by molar-refractivity contribution is 0.0950. The molecule has 0 aliphatic rings. The molecule has 0 atom stereocenters. The molecule has 3 rings (SSSR count). The van der Waals surface area contributed by atoms with Crippen LogP contribution in [0.5, 0.6) is 17.2 Å². The molecule has 8 nitrogen and oxygen atoms in total. The maximum absolute atomic E-state index is 12.7. The van der Waals surface area contributed by atoms with Gasteiger partial charge in [0.15, 0.2) is 11.5 Å². The molecule has 174 valence electrons. The third-order valence-corrected chi connectivity index (χ3v) is 6.38. The van der Waals surface area contributed by atoms with E-state index in [4.69, 9.17) is 14.2 Å². The number of ether oxygens (including phenoxy) is 3. The van der Waals surface area contributed by atoms with Crippen LogP contribution in [0.25, 0.3) is 0 Å². The number of rotatable bonds is 9. The number of anilines is 1. The zero-order valence-corrected chi connectivity index (χ0v) is 19.7. The number of sulfonamides is 1. The molecule has 0 aliphatic carbocycles. The van der Waals surface area contributed by atoms with Gasteiger partial charge in [-0.1, -0.05) is 18.2 Å². The molecule has 2 N–H and O–H groups in total. The number of para-hydroxylation sites is 1. The number of benzene rings is 3. The Labute approximate surface area is 193 Å². The molecule has 33 heavy (non-hydrogen) atoms. The Bertz CT molecular complexity index is 1220. The highest BCUT2D eigenvalue weighted by Crippen LogP contribution is 2.38. The molecule has 0 heterocycles. The SMILES string of the molecule is COc1cc(CNC(=O)c2ccc(S(=O)(=O)Nc3ccccc3C)cc2)cc(OC)c1OC. The molecule has 3 aromatic rings. The van der Waals surface area contributed by atoms with Gasteiger partial charge in [0.1, 0.15) is 0 Å². The molecule has 0 aromatic heterocycles. The lowest BCUT2D eigenvalue weighted by Gasteiger charge is -2.14. The van der Waals surface area contributed by atoms with Gasteiger partial charge < -0.3 is 19.5 Å². The van der Waals surface area contributed by atoms with E-state index < -0.39 is 10.0 Å². The molecule has 9 heteroatoms. The van der Waals surface area contributed by atoms with Gasteiger partial charge in [-0.25, -0.2) is 8.42 Å². The molecule has 0 saturated carbocycles. The van der Waals surface area contributed by atoms with Crippen molar-refractivity contribution < 1.29 is 27.4 Å². The molecule has 0 fully saturated rings. The van der Waals surface area contributed by atoms with E-state index >= 15 is 0 Å². The van der Waals surface area contributed by atoms with Crippen molar-refractivity contribution in [1.82, 2.24) is 5.32 Å². The molecule has 0 radical (unpaired) electrons. The van der Waals surface area contributed by atoms with Gasteiger partial charge in [0.2, 0.25) is 5.75 Å². The van der Waals surface area contributed by atoms with Gasteiger partial charge >= 0.3 is 0 Å². The van der Waals surface area contributed by atoms with Crippen LogP contribution in [-0.2, 0) is 16.6 Å². The number of carbonyl (C=O) groups excluding carboxylic acids is 1. The standard InChI is InChI=1S/C24H26N2O6S/c1-16-7-5-6-8-20(16)26-33(28,29)19-11-9-18(10-12-19)24(27)25-15-17-13-21(30-2)23(32-4)22(14-17)31-3/h5-14,26H,15H2,1-4H3,(H,25,27). The summed E-state index contributed by atoms with van der Waals surface area (Å²) in [6, 6.07) is 16.3. The molecule has 0 bridgehead atoms. The summed E-state index contributed by atoms with van der Waals surface area (Å²) in [5, 5.41) is 2.80. The summed E-state index contributed by atoms with van der Waals surface area (Å²) >= 11 is 0. The predicted molar refractivity (Wildman–Crippen MR) is 126 cm³/mol. The highest BCUT2D eigenvalue weighted by Gasteiger charge is 2.17. The highest BCUT2D eigenvalue weighted by atomic mass is 32.2. The molecule has 0 aliphatic heterocycles. The van der Waals surface area contributed by atoms with Gasteiger partial charge in [-0.05, 0) is 60.5 Å². The second kappa shape index (κ2) is 10.3.